The largest absolute Gasteiger partial charge is 0.366 e. The number of carbonyl (C=O) groups excluding carboxylic acids is 3. The molecule has 3 unspecified atom stereocenters. The van der Waals surface area contributed by atoms with E-state index in [-0.39, 0.29) is 23.9 Å². The summed E-state index contributed by atoms with van der Waals surface area (Å²) in [6.45, 7) is 6.56. The first-order valence-electron chi connectivity index (χ1n) is 14.1. The molecule has 0 spiro atoms. The molecule has 2 saturated heterocycles. The number of amides is 3. The molecule has 2 aliphatic heterocycles. The number of anilines is 1. The maximum absolute atomic E-state index is 13.2. The van der Waals surface area contributed by atoms with E-state index in [1.165, 1.54) is 0 Å². The molecule has 2 aromatic rings. The zero-order valence-corrected chi connectivity index (χ0v) is 23.2. The van der Waals surface area contributed by atoms with Crippen molar-refractivity contribution in [3.63, 3.8) is 0 Å². The van der Waals surface area contributed by atoms with Gasteiger partial charge in [-0.1, -0.05) is 0 Å². The van der Waals surface area contributed by atoms with Crippen LogP contribution in [0, 0.1) is 19.8 Å². The quantitative estimate of drug-likeness (QED) is 0.526. The molecule has 3 aliphatic rings. The Morgan fingerprint density at radius 2 is 1.59 bits per heavy atom. The SMILES string of the molecule is Cc1cc(C(=O)NC2CC3CCCN(c4ccc(C(=O)NC5CCN(C)CC5)cn4)C3C2)c(C)cc1C(N)=O. The number of likely N-dealkylation sites (tertiary alicyclic amines) is 1. The second-order valence-electron chi connectivity index (χ2n) is 11.6. The zero-order chi connectivity index (χ0) is 27.7. The standard InChI is InChI=1S/C30H40N6O3/c1-18-14-25(19(2)13-24(18)28(31)37)30(39)34-23-15-20-5-4-10-36(26(20)16-23)27-7-6-21(17-32-27)29(38)33-22-8-11-35(3)12-9-22/h6-7,13-14,17,20,22-23,26H,4-5,8-12,15-16H2,1-3H3,(H2,31,37)(H,33,38)(H,34,39). The Morgan fingerprint density at radius 3 is 2.28 bits per heavy atom. The number of nitrogens with two attached hydrogens (primary N) is 1. The number of piperidine rings is 2. The van der Waals surface area contributed by atoms with Crippen molar-refractivity contribution >= 4 is 23.5 Å². The van der Waals surface area contributed by atoms with E-state index < -0.39 is 5.91 Å². The number of nitrogens with one attached hydrogen (secondary N) is 2. The molecule has 1 aromatic carbocycles. The third-order valence-electron chi connectivity index (χ3n) is 8.81. The van der Waals surface area contributed by atoms with Crippen LogP contribution in [0.3, 0.4) is 0 Å². The molecule has 0 radical (unpaired) electrons. The van der Waals surface area contributed by atoms with E-state index in [1.807, 2.05) is 19.1 Å². The van der Waals surface area contributed by atoms with E-state index in [2.05, 4.69) is 27.5 Å². The lowest BCUT2D eigenvalue weighted by molar-refractivity contribution is 0.0913. The highest BCUT2D eigenvalue weighted by atomic mass is 16.2. The summed E-state index contributed by atoms with van der Waals surface area (Å²) in [6, 6.07) is 7.89. The molecule has 9 nitrogen and oxygen atoms in total. The molecule has 1 saturated carbocycles. The first kappa shape index (κ1) is 27.1. The van der Waals surface area contributed by atoms with Crippen molar-refractivity contribution in [3.05, 3.63) is 58.3 Å². The summed E-state index contributed by atoms with van der Waals surface area (Å²) in [7, 11) is 2.11. The van der Waals surface area contributed by atoms with Crippen molar-refractivity contribution in [1.82, 2.24) is 20.5 Å². The lowest BCUT2D eigenvalue weighted by Crippen LogP contribution is -2.44. The van der Waals surface area contributed by atoms with Crippen LogP contribution in [0.15, 0.2) is 30.5 Å². The lowest BCUT2D eigenvalue weighted by Gasteiger charge is -2.38. The highest BCUT2D eigenvalue weighted by Gasteiger charge is 2.41. The van der Waals surface area contributed by atoms with E-state index in [9.17, 15) is 14.4 Å². The van der Waals surface area contributed by atoms with Crippen LogP contribution in [-0.2, 0) is 0 Å². The number of carbonyl (C=O) groups is 3. The van der Waals surface area contributed by atoms with Crippen molar-refractivity contribution in [2.45, 2.75) is 70.5 Å². The zero-order valence-electron chi connectivity index (χ0n) is 23.2. The molecule has 3 atom stereocenters. The van der Waals surface area contributed by atoms with Gasteiger partial charge in [-0.05, 0) is 114 Å². The van der Waals surface area contributed by atoms with E-state index >= 15 is 0 Å². The average molecular weight is 533 g/mol. The summed E-state index contributed by atoms with van der Waals surface area (Å²) in [5.74, 6) is 0.722. The summed E-state index contributed by atoms with van der Waals surface area (Å²) in [6.07, 6.45) is 7.64. The van der Waals surface area contributed by atoms with Gasteiger partial charge in [0.15, 0.2) is 0 Å². The van der Waals surface area contributed by atoms with Gasteiger partial charge in [0.05, 0.1) is 5.56 Å². The minimum absolute atomic E-state index is 0.0573. The van der Waals surface area contributed by atoms with Crippen LogP contribution < -0.4 is 21.3 Å². The van der Waals surface area contributed by atoms with Gasteiger partial charge in [-0.3, -0.25) is 14.4 Å². The first-order chi connectivity index (χ1) is 18.7. The normalized spacial score (nSPS) is 23.8. The van der Waals surface area contributed by atoms with Gasteiger partial charge in [-0.2, -0.15) is 0 Å². The number of fused-ring (bicyclic) bond motifs is 1. The van der Waals surface area contributed by atoms with E-state index in [4.69, 9.17) is 10.7 Å². The van der Waals surface area contributed by atoms with Crippen LogP contribution in [-0.4, -0.2) is 72.4 Å². The predicted molar refractivity (Wildman–Crippen MR) is 151 cm³/mol. The van der Waals surface area contributed by atoms with E-state index in [1.54, 1.807) is 25.3 Å². The highest BCUT2D eigenvalue weighted by molar-refractivity contribution is 5.99. The predicted octanol–water partition coefficient (Wildman–Crippen LogP) is 2.80. The van der Waals surface area contributed by atoms with Crippen molar-refractivity contribution in [1.29, 1.82) is 0 Å². The maximum Gasteiger partial charge on any atom is 0.253 e. The third kappa shape index (κ3) is 5.93. The third-order valence-corrected chi connectivity index (χ3v) is 8.81. The van der Waals surface area contributed by atoms with Gasteiger partial charge < -0.3 is 26.2 Å². The summed E-state index contributed by atoms with van der Waals surface area (Å²) < 4.78 is 0. The Balaban J connectivity index is 1.21. The summed E-state index contributed by atoms with van der Waals surface area (Å²) >= 11 is 0. The Morgan fingerprint density at radius 1 is 0.897 bits per heavy atom. The lowest BCUT2D eigenvalue weighted by atomic mass is 9.92. The molecule has 3 amide bonds. The van der Waals surface area contributed by atoms with Gasteiger partial charge in [-0.25, -0.2) is 4.98 Å². The Hall–Kier alpha value is -3.46. The van der Waals surface area contributed by atoms with E-state index in [0.717, 1.165) is 69.5 Å². The number of aromatic nitrogens is 1. The number of primary amides is 1. The monoisotopic (exact) mass is 532 g/mol. The number of rotatable bonds is 6. The Bertz CT molecular complexity index is 1240. The van der Waals surface area contributed by atoms with Gasteiger partial charge in [0.1, 0.15) is 5.82 Å². The van der Waals surface area contributed by atoms with Crippen molar-refractivity contribution in [2.24, 2.45) is 11.7 Å². The number of aryl methyl sites for hydroxylation is 2. The maximum atomic E-state index is 13.2. The van der Waals surface area contributed by atoms with Crippen LogP contribution in [0.5, 0.6) is 0 Å². The number of hydrogen-bond acceptors (Lipinski definition) is 6. The molecule has 208 valence electrons. The molecule has 1 aliphatic carbocycles. The summed E-state index contributed by atoms with van der Waals surface area (Å²) in [4.78, 5) is 47.0. The average Bonchev–Trinajstić information content (AvgIpc) is 3.33. The summed E-state index contributed by atoms with van der Waals surface area (Å²) in [5, 5.41) is 6.41. The molecular weight excluding hydrogens is 492 g/mol. The molecule has 9 heteroatoms. The number of pyridine rings is 1. The Labute approximate surface area is 230 Å². The van der Waals surface area contributed by atoms with Gasteiger partial charge in [-0.15, -0.1) is 0 Å². The van der Waals surface area contributed by atoms with Gasteiger partial charge in [0.2, 0.25) is 5.91 Å². The van der Waals surface area contributed by atoms with Crippen LogP contribution in [0.1, 0.15) is 80.7 Å². The number of benzene rings is 1. The van der Waals surface area contributed by atoms with Gasteiger partial charge >= 0.3 is 0 Å². The molecule has 0 bridgehead atoms. The summed E-state index contributed by atoms with van der Waals surface area (Å²) in [5.41, 5.74) is 8.54. The van der Waals surface area contributed by atoms with Crippen LogP contribution in [0.2, 0.25) is 0 Å². The highest BCUT2D eigenvalue weighted by Crippen LogP contribution is 2.39. The van der Waals surface area contributed by atoms with Crippen molar-refractivity contribution in [2.75, 3.05) is 31.6 Å². The van der Waals surface area contributed by atoms with E-state index in [0.29, 0.717) is 34.2 Å². The molecule has 5 rings (SSSR count). The van der Waals surface area contributed by atoms with Gasteiger partial charge in [0, 0.05) is 42.0 Å². The van der Waals surface area contributed by atoms with Crippen LogP contribution in [0.25, 0.3) is 0 Å². The van der Waals surface area contributed by atoms with Crippen molar-refractivity contribution < 1.29 is 14.4 Å². The van der Waals surface area contributed by atoms with Gasteiger partial charge in [0.25, 0.3) is 11.8 Å². The molecule has 1 aromatic heterocycles. The first-order valence-corrected chi connectivity index (χ1v) is 14.1. The van der Waals surface area contributed by atoms with Crippen LogP contribution >= 0.6 is 0 Å². The fourth-order valence-corrected chi connectivity index (χ4v) is 6.59. The fourth-order valence-electron chi connectivity index (χ4n) is 6.59. The molecular formula is C30H40N6O3. The number of nitrogens with zero attached hydrogens (tertiary/aromatic N) is 3. The smallest absolute Gasteiger partial charge is 0.253 e. The molecule has 3 fully saturated rings. The Kier molecular flexibility index (Phi) is 7.88. The molecule has 39 heavy (non-hydrogen) atoms. The second kappa shape index (κ2) is 11.3. The fraction of sp³-hybridized carbons (Fsp3) is 0.533. The van der Waals surface area contributed by atoms with Crippen molar-refractivity contribution in [3.8, 4) is 0 Å². The second-order valence-corrected chi connectivity index (χ2v) is 11.6. The topological polar surface area (TPSA) is 121 Å². The minimum atomic E-state index is -0.484. The molecule has 3 heterocycles. The molecule has 4 N–H and O–H groups in total. The van der Waals surface area contributed by atoms with Crippen LogP contribution in [0.4, 0.5) is 5.82 Å². The minimum Gasteiger partial charge on any atom is -0.366 e. The number of hydrogen-bond donors (Lipinski definition) is 3.